The highest BCUT2D eigenvalue weighted by Gasteiger charge is 2.06. The molecule has 0 unspecified atom stereocenters. The molecular formula is C14H23N2O+. The molecule has 0 radical (unpaired) electrons. The van der Waals surface area contributed by atoms with Crippen LogP contribution in [0.1, 0.15) is 32.3 Å². The van der Waals surface area contributed by atoms with Gasteiger partial charge in [0.05, 0.1) is 6.42 Å². The predicted octanol–water partition coefficient (Wildman–Crippen LogP) is 1.83. The minimum Gasteiger partial charge on any atom is -0.356 e. The molecule has 0 aliphatic heterocycles. The largest absolute Gasteiger partial charge is 0.356 e. The van der Waals surface area contributed by atoms with E-state index in [4.69, 9.17) is 0 Å². The maximum atomic E-state index is 11.5. The molecule has 3 nitrogen and oxygen atoms in total. The zero-order chi connectivity index (χ0) is 12.7. The number of hydrogen-bond acceptors (Lipinski definition) is 1. The smallest absolute Gasteiger partial charge is 0.226 e. The van der Waals surface area contributed by atoms with Gasteiger partial charge >= 0.3 is 0 Å². The Kier molecular flexibility index (Phi) is 5.67. The van der Waals surface area contributed by atoms with E-state index in [-0.39, 0.29) is 5.91 Å². The second-order valence-electron chi connectivity index (χ2n) is 4.90. The van der Waals surface area contributed by atoms with Crippen LogP contribution in [0.4, 0.5) is 0 Å². The van der Waals surface area contributed by atoms with Crippen molar-refractivity contribution in [2.24, 2.45) is 5.92 Å². The Morgan fingerprint density at radius 3 is 2.59 bits per heavy atom. The summed E-state index contributed by atoms with van der Waals surface area (Å²) in [6.07, 6.45) is 5.61. The maximum Gasteiger partial charge on any atom is 0.226 e. The van der Waals surface area contributed by atoms with Gasteiger partial charge in [0.2, 0.25) is 5.91 Å². The highest BCUT2D eigenvalue weighted by molar-refractivity contribution is 5.75. The van der Waals surface area contributed by atoms with Crippen LogP contribution in [0.25, 0.3) is 0 Å². The van der Waals surface area contributed by atoms with Crippen molar-refractivity contribution in [1.29, 1.82) is 0 Å². The summed E-state index contributed by atoms with van der Waals surface area (Å²) in [7, 11) is 0. The lowest BCUT2D eigenvalue weighted by Crippen LogP contribution is -2.36. The molecule has 0 fully saturated rings. The zero-order valence-electron chi connectivity index (χ0n) is 11.1. The lowest BCUT2D eigenvalue weighted by atomic mass is 10.1. The topological polar surface area (TPSA) is 33.0 Å². The van der Waals surface area contributed by atoms with Crippen LogP contribution in [0.2, 0.25) is 0 Å². The molecule has 1 heterocycles. The molecule has 94 valence electrons. The number of pyridine rings is 1. The highest BCUT2D eigenvalue weighted by Crippen LogP contribution is 1.96. The van der Waals surface area contributed by atoms with E-state index in [1.807, 2.05) is 17.0 Å². The number of hydrogen-bond donors (Lipinski definition) is 1. The highest BCUT2D eigenvalue weighted by atomic mass is 16.1. The van der Waals surface area contributed by atoms with Gasteiger partial charge in [-0.25, -0.2) is 4.57 Å². The van der Waals surface area contributed by atoms with Gasteiger partial charge in [-0.05, 0) is 24.8 Å². The molecule has 0 aliphatic carbocycles. The van der Waals surface area contributed by atoms with Crippen LogP contribution in [-0.4, -0.2) is 12.5 Å². The van der Waals surface area contributed by atoms with Crippen molar-refractivity contribution in [2.75, 3.05) is 6.54 Å². The molecule has 17 heavy (non-hydrogen) atoms. The number of rotatable bonds is 6. The standard InChI is InChI=1S/C14H22N2O/c1-12(2)4-8-15-14(17)7-11-16-9-5-13(3)6-10-16/h5-6,9-10,12H,4,7-8,11H2,1-3H3/p+1. The fourth-order valence-electron chi connectivity index (χ4n) is 1.50. The molecule has 0 aliphatic rings. The third-order valence-electron chi connectivity index (χ3n) is 2.70. The van der Waals surface area contributed by atoms with E-state index in [1.54, 1.807) is 0 Å². The summed E-state index contributed by atoms with van der Waals surface area (Å²) in [6, 6.07) is 4.10. The Bertz CT molecular complexity index is 344. The Morgan fingerprint density at radius 2 is 2.00 bits per heavy atom. The molecule has 1 aromatic heterocycles. The molecule has 0 bridgehead atoms. The SMILES string of the molecule is Cc1cc[n+](CCC(=O)NCCC(C)C)cc1. The second kappa shape index (κ2) is 7.05. The zero-order valence-corrected chi connectivity index (χ0v) is 11.1. The molecule has 3 heteroatoms. The number of carbonyl (C=O) groups is 1. The molecule has 0 saturated heterocycles. The van der Waals surface area contributed by atoms with Gasteiger partial charge < -0.3 is 5.32 Å². The minimum absolute atomic E-state index is 0.138. The summed E-state index contributed by atoms with van der Waals surface area (Å²) in [6.45, 7) is 7.91. The molecule has 0 aromatic carbocycles. The lowest BCUT2D eigenvalue weighted by molar-refractivity contribution is -0.695. The lowest BCUT2D eigenvalue weighted by Gasteiger charge is -2.06. The van der Waals surface area contributed by atoms with Crippen LogP contribution < -0.4 is 9.88 Å². The van der Waals surface area contributed by atoms with Gasteiger partial charge in [-0.2, -0.15) is 0 Å². The first-order valence-electron chi connectivity index (χ1n) is 6.30. The fourth-order valence-corrected chi connectivity index (χ4v) is 1.50. The maximum absolute atomic E-state index is 11.5. The van der Waals surface area contributed by atoms with E-state index in [0.29, 0.717) is 12.3 Å². The van der Waals surface area contributed by atoms with Gasteiger partial charge in [0, 0.05) is 18.7 Å². The third kappa shape index (κ3) is 6.05. The molecule has 1 rings (SSSR count). The first-order chi connectivity index (χ1) is 8.08. The van der Waals surface area contributed by atoms with Gasteiger partial charge in [0.1, 0.15) is 0 Å². The van der Waals surface area contributed by atoms with Crippen molar-refractivity contribution in [2.45, 2.75) is 40.2 Å². The summed E-state index contributed by atoms with van der Waals surface area (Å²) >= 11 is 0. The van der Waals surface area contributed by atoms with Crippen LogP contribution in [0.15, 0.2) is 24.5 Å². The molecule has 0 spiro atoms. The predicted molar refractivity (Wildman–Crippen MR) is 68.5 cm³/mol. The average molecular weight is 235 g/mol. The van der Waals surface area contributed by atoms with Crippen LogP contribution in [0.3, 0.4) is 0 Å². The Labute approximate surface area is 104 Å². The van der Waals surface area contributed by atoms with Crippen LogP contribution in [0, 0.1) is 12.8 Å². The number of aromatic nitrogens is 1. The van der Waals surface area contributed by atoms with E-state index in [9.17, 15) is 4.79 Å². The summed E-state index contributed by atoms with van der Waals surface area (Å²) in [5.74, 6) is 0.778. The molecular weight excluding hydrogens is 212 g/mol. The van der Waals surface area contributed by atoms with Crippen LogP contribution in [0.5, 0.6) is 0 Å². The van der Waals surface area contributed by atoms with Gasteiger partial charge in [-0.1, -0.05) is 13.8 Å². The summed E-state index contributed by atoms with van der Waals surface area (Å²) < 4.78 is 2.04. The first-order valence-corrected chi connectivity index (χ1v) is 6.30. The van der Waals surface area contributed by atoms with Crippen LogP contribution in [-0.2, 0) is 11.3 Å². The number of amides is 1. The first kappa shape index (κ1) is 13.7. The normalized spacial score (nSPS) is 10.6. The van der Waals surface area contributed by atoms with Crippen molar-refractivity contribution in [3.63, 3.8) is 0 Å². The average Bonchev–Trinajstić information content (AvgIpc) is 2.28. The van der Waals surface area contributed by atoms with Crippen molar-refractivity contribution in [3.05, 3.63) is 30.1 Å². The quantitative estimate of drug-likeness (QED) is 0.750. The van der Waals surface area contributed by atoms with E-state index in [0.717, 1.165) is 19.5 Å². The number of nitrogens with zero attached hydrogens (tertiary/aromatic N) is 1. The Hall–Kier alpha value is -1.38. The minimum atomic E-state index is 0.138. The summed E-state index contributed by atoms with van der Waals surface area (Å²) in [5, 5.41) is 2.94. The molecule has 1 N–H and O–H groups in total. The van der Waals surface area contributed by atoms with E-state index < -0.39 is 0 Å². The fraction of sp³-hybridized carbons (Fsp3) is 0.571. The molecule has 1 aromatic rings. The summed E-state index contributed by atoms with van der Waals surface area (Å²) in [4.78, 5) is 11.5. The van der Waals surface area contributed by atoms with E-state index in [1.165, 1.54) is 5.56 Å². The van der Waals surface area contributed by atoms with Crippen molar-refractivity contribution in [1.82, 2.24) is 5.32 Å². The monoisotopic (exact) mass is 235 g/mol. The van der Waals surface area contributed by atoms with Crippen LogP contribution >= 0.6 is 0 Å². The Morgan fingerprint density at radius 1 is 1.35 bits per heavy atom. The third-order valence-corrected chi connectivity index (χ3v) is 2.70. The molecule has 0 atom stereocenters. The Balaban J connectivity index is 2.21. The second-order valence-corrected chi connectivity index (χ2v) is 4.90. The molecule has 0 saturated carbocycles. The molecule has 1 amide bonds. The van der Waals surface area contributed by atoms with Crippen molar-refractivity contribution < 1.29 is 9.36 Å². The van der Waals surface area contributed by atoms with Gasteiger partial charge in [0.15, 0.2) is 18.9 Å². The number of nitrogens with one attached hydrogen (secondary N) is 1. The van der Waals surface area contributed by atoms with Crippen molar-refractivity contribution in [3.8, 4) is 0 Å². The number of carbonyl (C=O) groups excluding carboxylic acids is 1. The van der Waals surface area contributed by atoms with Gasteiger partial charge in [0.25, 0.3) is 0 Å². The van der Waals surface area contributed by atoms with E-state index in [2.05, 4.69) is 38.2 Å². The summed E-state index contributed by atoms with van der Waals surface area (Å²) in [5.41, 5.74) is 1.24. The van der Waals surface area contributed by atoms with Gasteiger partial charge in [-0.3, -0.25) is 4.79 Å². The van der Waals surface area contributed by atoms with Gasteiger partial charge in [-0.15, -0.1) is 0 Å². The van der Waals surface area contributed by atoms with E-state index >= 15 is 0 Å². The number of aryl methyl sites for hydroxylation is 2. The van der Waals surface area contributed by atoms with Crippen molar-refractivity contribution >= 4 is 5.91 Å².